The summed E-state index contributed by atoms with van der Waals surface area (Å²) in [6.07, 6.45) is 6.51. The van der Waals surface area contributed by atoms with Crippen LogP contribution in [-0.2, 0) is 9.53 Å². The molecule has 1 aliphatic heterocycles. The van der Waals surface area contributed by atoms with Crippen LogP contribution in [0.25, 0.3) is 0 Å². The smallest absolute Gasteiger partial charge is 0.246 e. The van der Waals surface area contributed by atoms with E-state index in [1.54, 1.807) is 0 Å². The normalized spacial score (nSPS) is 31.4. The van der Waals surface area contributed by atoms with Crippen LogP contribution in [0, 0.1) is 5.92 Å². The van der Waals surface area contributed by atoms with E-state index in [1.165, 1.54) is 32.1 Å². The van der Waals surface area contributed by atoms with E-state index in [0.717, 1.165) is 6.61 Å². The second kappa shape index (κ2) is 4.09. The van der Waals surface area contributed by atoms with Crippen molar-refractivity contribution in [2.24, 2.45) is 5.92 Å². The number of hydrogen-bond donors (Lipinski definition) is 1. The Morgan fingerprint density at radius 3 is 2.69 bits per heavy atom. The molecular weight excluding hydrogens is 166 g/mol. The maximum atomic E-state index is 11.1. The molecule has 2 fully saturated rings. The second-order valence-electron chi connectivity index (χ2n) is 4.09. The van der Waals surface area contributed by atoms with Crippen LogP contribution in [0.2, 0.25) is 0 Å². The van der Waals surface area contributed by atoms with Gasteiger partial charge in [-0.3, -0.25) is 4.79 Å². The lowest BCUT2D eigenvalue weighted by Crippen LogP contribution is -2.49. The Balaban J connectivity index is 1.87. The van der Waals surface area contributed by atoms with Crippen molar-refractivity contribution in [2.75, 3.05) is 13.2 Å². The number of carbonyl (C=O) groups is 1. The molecule has 0 aromatic rings. The summed E-state index contributed by atoms with van der Waals surface area (Å²) in [7, 11) is 0. The van der Waals surface area contributed by atoms with E-state index in [0.29, 0.717) is 12.0 Å². The minimum absolute atomic E-state index is 0.0572. The first kappa shape index (κ1) is 9.00. The Kier molecular flexibility index (Phi) is 2.83. The fraction of sp³-hybridized carbons (Fsp3) is 0.900. The van der Waals surface area contributed by atoms with Crippen LogP contribution in [0.15, 0.2) is 0 Å². The molecule has 13 heavy (non-hydrogen) atoms. The molecule has 2 aliphatic rings. The van der Waals surface area contributed by atoms with Gasteiger partial charge in [-0.1, -0.05) is 19.3 Å². The maximum Gasteiger partial charge on any atom is 0.246 e. The zero-order valence-corrected chi connectivity index (χ0v) is 7.92. The number of nitrogens with one attached hydrogen (secondary N) is 1. The van der Waals surface area contributed by atoms with Gasteiger partial charge in [-0.15, -0.1) is 0 Å². The van der Waals surface area contributed by atoms with Crippen LogP contribution >= 0.6 is 0 Å². The summed E-state index contributed by atoms with van der Waals surface area (Å²) >= 11 is 0. The predicted octanol–water partition coefficient (Wildman–Crippen LogP) is 1.08. The molecule has 0 aromatic carbocycles. The molecule has 1 aliphatic carbocycles. The van der Waals surface area contributed by atoms with Crippen LogP contribution in [0.5, 0.6) is 0 Å². The number of ether oxygens (including phenoxy) is 1. The number of carbonyl (C=O) groups excluding carboxylic acids is 1. The summed E-state index contributed by atoms with van der Waals surface area (Å²) in [6, 6.07) is 0.293. The fourth-order valence-electron chi connectivity index (χ4n) is 2.36. The zero-order chi connectivity index (χ0) is 9.10. The quantitative estimate of drug-likeness (QED) is 0.660. The number of morpholine rings is 1. The van der Waals surface area contributed by atoms with Gasteiger partial charge in [-0.05, 0) is 18.8 Å². The molecule has 0 aromatic heterocycles. The van der Waals surface area contributed by atoms with Crippen molar-refractivity contribution >= 4 is 5.91 Å². The maximum absolute atomic E-state index is 11.1. The van der Waals surface area contributed by atoms with E-state index in [2.05, 4.69) is 5.32 Å². The number of amides is 1. The summed E-state index contributed by atoms with van der Waals surface area (Å²) < 4.78 is 5.24. The summed E-state index contributed by atoms with van der Waals surface area (Å²) in [5, 5.41) is 3.02. The zero-order valence-electron chi connectivity index (χ0n) is 7.92. The minimum atomic E-state index is 0.0572. The van der Waals surface area contributed by atoms with E-state index < -0.39 is 0 Å². The minimum Gasteiger partial charge on any atom is -0.370 e. The summed E-state index contributed by atoms with van der Waals surface area (Å²) in [5.74, 6) is 0.722. The van der Waals surface area contributed by atoms with E-state index in [1.807, 2.05) is 0 Å². The van der Waals surface area contributed by atoms with Crippen molar-refractivity contribution in [1.29, 1.82) is 0 Å². The SMILES string of the molecule is O=C1COC[C@H](C2CCCCC2)N1. The first-order valence-corrected chi connectivity index (χ1v) is 5.23. The van der Waals surface area contributed by atoms with Crippen LogP contribution in [0.4, 0.5) is 0 Å². The van der Waals surface area contributed by atoms with Gasteiger partial charge in [-0.2, -0.15) is 0 Å². The molecule has 0 radical (unpaired) electrons. The van der Waals surface area contributed by atoms with Gasteiger partial charge in [0, 0.05) is 0 Å². The third-order valence-corrected chi connectivity index (χ3v) is 3.10. The highest BCUT2D eigenvalue weighted by Crippen LogP contribution is 2.27. The highest BCUT2D eigenvalue weighted by Gasteiger charge is 2.27. The molecular formula is C10H17NO2. The van der Waals surface area contributed by atoms with Gasteiger partial charge in [0.15, 0.2) is 0 Å². The van der Waals surface area contributed by atoms with Crippen LogP contribution in [-0.4, -0.2) is 25.2 Å². The number of rotatable bonds is 1. The van der Waals surface area contributed by atoms with Crippen molar-refractivity contribution in [2.45, 2.75) is 38.1 Å². The lowest BCUT2D eigenvalue weighted by atomic mass is 9.84. The average molecular weight is 183 g/mol. The van der Waals surface area contributed by atoms with Gasteiger partial charge in [0.25, 0.3) is 0 Å². The van der Waals surface area contributed by atoms with Gasteiger partial charge >= 0.3 is 0 Å². The molecule has 74 valence electrons. The van der Waals surface area contributed by atoms with Crippen molar-refractivity contribution < 1.29 is 9.53 Å². The highest BCUT2D eigenvalue weighted by molar-refractivity contribution is 5.78. The van der Waals surface area contributed by atoms with Gasteiger partial charge in [0.2, 0.25) is 5.91 Å². The molecule has 1 atom stereocenters. The molecule has 0 bridgehead atoms. The third kappa shape index (κ3) is 2.21. The molecule has 1 N–H and O–H groups in total. The lowest BCUT2D eigenvalue weighted by Gasteiger charge is -2.33. The Bertz CT molecular complexity index is 187. The largest absolute Gasteiger partial charge is 0.370 e. The van der Waals surface area contributed by atoms with Crippen molar-refractivity contribution in [1.82, 2.24) is 5.32 Å². The van der Waals surface area contributed by atoms with Gasteiger partial charge in [-0.25, -0.2) is 0 Å². The molecule has 3 nitrogen and oxygen atoms in total. The van der Waals surface area contributed by atoms with Crippen LogP contribution < -0.4 is 5.32 Å². The van der Waals surface area contributed by atoms with E-state index in [9.17, 15) is 4.79 Å². The molecule has 0 spiro atoms. The molecule has 3 heteroatoms. The lowest BCUT2D eigenvalue weighted by molar-refractivity contribution is -0.132. The molecule has 0 unspecified atom stereocenters. The van der Waals surface area contributed by atoms with Gasteiger partial charge in [0.05, 0.1) is 12.6 Å². The first-order valence-electron chi connectivity index (χ1n) is 5.23. The Labute approximate surface area is 78.8 Å². The summed E-state index contributed by atoms with van der Waals surface area (Å²) in [4.78, 5) is 11.1. The van der Waals surface area contributed by atoms with Crippen LogP contribution in [0.1, 0.15) is 32.1 Å². The topological polar surface area (TPSA) is 38.3 Å². The van der Waals surface area contributed by atoms with Crippen LogP contribution in [0.3, 0.4) is 0 Å². The standard InChI is InChI=1S/C10H17NO2/c12-10-7-13-6-9(11-10)8-4-2-1-3-5-8/h8-9H,1-7H2,(H,11,12)/t9-/m1/s1. The van der Waals surface area contributed by atoms with E-state index in [-0.39, 0.29) is 12.5 Å². The summed E-state index contributed by atoms with van der Waals surface area (Å²) in [6.45, 7) is 0.972. The molecule has 1 heterocycles. The Morgan fingerprint density at radius 2 is 2.00 bits per heavy atom. The molecule has 1 saturated heterocycles. The van der Waals surface area contributed by atoms with Gasteiger partial charge < -0.3 is 10.1 Å². The molecule has 1 amide bonds. The third-order valence-electron chi connectivity index (χ3n) is 3.10. The second-order valence-corrected chi connectivity index (χ2v) is 4.09. The molecule has 1 saturated carbocycles. The van der Waals surface area contributed by atoms with E-state index >= 15 is 0 Å². The fourth-order valence-corrected chi connectivity index (χ4v) is 2.36. The van der Waals surface area contributed by atoms with Crippen molar-refractivity contribution in [3.8, 4) is 0 Å². The summed E-state index contributed by atoms with van der Waals surface area (Å²) in [5.41, 5.74) is 0. The first-order chi connectivity index (χ1) is 6.36. The number of hydrogen-bond acceptors (Lipinski definition) is 2. The van der Waals surface area contributed by atoms with Gasteiger partial charge in [0.1, 0.15) is 6.61 Å². The monoisotopic (exact) mass is 183 g/mol. The van der Waals surface area contributed by atoms with Crippen molar-refractivity contribution in [3.05, 3.63) is 0 Å². The van der Waals surface area contributed by atoms with E-state index in [4.69, 9.17) is 4.74 Å². The predicted molar refractivity (Wildman–Crippen MR) is 49.3 cm³/mol. The average Bonchev–Trinajstić information content (AvgIpc) is 2.19. The Morgan fingerprint density at radius 1 is 1.23 bits per heavy atom. The highest BCUT2D eigenvalue weighted by atomic mass is 16.5. The van der Waals surface area contributed by atoms with Crippen molar-refractivity contribution in [3.63, 3.8) is 0 Å². The Hall–Kier alpha value is -0.570. The molecule has 2 rings (SSSR count).